The van der Waals surface area contributed by atoms with Crippen LogP contribution in [0.4, 0.5) is 5.69 Å². The van der Waals surface area contributed by atoms with Crippen molar-refractivity contribution in [3.63, 3.8) is 0 Å². The van der Waals surface area contributed by atoms with E-state index >= 15 is 0 Å². The monoisotopic (exact) mass is 487 g/mol. The van der Waals surface area contributed by atoms with Gasteiger partial charge in [0, 0.05) is 28.4 Å². The first kappa shape index (κ1) is 22.4. The van der Waals surface area contributed by atoms with Crippen LogP contribution in [-0.2, 0) is 17.9 Å². The molecule has 0 N–H and O–H groups in total. The Balaban J connectivity index is 1.41. The number of fused-ring (bicyclic) bond motifs is 3. The maximum atomic E-state index is 13.6. The standard InChI is InChI=1S/C31H25N3OS/c1-2-33-27-16-10-9-15-25(27)26-19-23(17-18-28(26)33)20-29-30(35)34(21-22-11-5-3-6-12-22)31(36-29)32-24-13-7-4-8-14-24/h3-20H,2,21H2,1H3/b29-20+,32-31?. The number of carbonyl (C=O) groups excluding carboxylic acids is 1. The predicted octanol–water partition coefficient (Wildman–Crippen LogP) is 7.62. The van der Waals surface area contributed by atoms with Gasteiger partial charge in [-0.3, -0.25) is 9.69 Å². The van der Waals surface area contributed by atoms with Crippen LogP contribution in [0.1, 0.15) is 18.1 Å². The van der Waals surface area contributed by atoms with E-state index in [1.165, 1.54) is 33.6 Å². The zero-order valence-electron chi connectivity index (χ0n) is 20.0. The summed E-state index contributed by atoms with van der Waals surface area (Å²) in [7, 11) is 0. The molecular formula is C31H25N3OS. The van der Waals surface area contributed by atoms with Crippen molar-refractivity contribution in [3.8, 4) is 0 Å². The first-order valence-corrected chi connectivity index (χ1v) is 12.9. The Labute approximate surface area is 214 Å². The molecule has 0 saturated carbocycles. The van der Waals surface area contributed by atoms with Gasteiger partial charge in [0.05, 0.1) is 17.1 Å². The highest BCUT2D eigenvalue weighted by Crippen LogP contribution is 2.36. The average molecular weight is 488 g/mol. The minimum absolute atomic E-state index is 0.0189. The molecule has 6 rings (SSSR count). The zero-order chi connectivity index (χ0) is 24.5. The van der Waals surface area contributed by atoms with E-state index < -0.39 is 0 Å². The van der Waals surface area contributed by atoms with Gasteiger partial charge in [-0.25, -0.2) is 4.99 Å². The van der Waals surface area contributed by atoms with Crippen LogP contribution in [0.2, 0.25) is 0 Å². The Morgan fingerprint density at radius 3 is 2.28 bits per heavy atom. The number of para-hydroxylation sites is 2. The zero-order valence-corrected chi connectivity index (χ0v) is 20.8. The van der Waals surface area contributed by atoms with Crippen molar-refractivity contribution in [1.29, 1.82) is 0 Å². The Bertz CT molecular complexity index is 1630. The molecule has 176 valence electrons. The lowest BCUT2D eigenvalue weighted by Gasteiger charge is -2.15. The summed E-state index contributed by atoms with van der Waals surface area (Å²) in [5.41, 5.74) is 5.36. The van der Waals surface area contributed by atoms with Crippen LogP contribution >= 0.6 is 11.8 Å². The molecule has 2 heterocycles. The number of hydrogen-bond acceptors (Lipinski definition) is 3. The average Bonchev–Trinajstić information content (AvgIpc) is 3.39. The summed E-state index contributed by atoms with van der Waals surface area (Å²) in [5.74, 6) is -0.0189. The Morgan fingerprint density at radius 1 is 0.806 bits per heavy atom. The summed E-state index contributed by atoms with van der Waals surface area (Å²) in [6, 6.07) is 34.8. The Hall–Kier alpha value is -4.09. The van der Waals surface area contributed by atoms with Crippen molar-refractivity contribution in [2.24, 2.45) is 4.99 Å². The number of carbonyl (C=O) groups is 1. The van der Waals surface area contributed by atoms with Crippen molar-refractivity contribution in [3.05, 3.63) is 119 Å². The lowest BCUT2D eigenvalue weighted by molar-refractivity contribution is -0.122. The minimum atomic E-state index is -0.0189. The topological polar surface area (TPSA) is 37.6 Å². The fraction of sp³-hybridized carbons (Fsp3) is 0.0968. The molecule has 0 aliphatic carbocycles. The van der Waals surface area contributed by atoms with Crippen LogP contribution in [0.5, 0.6) is 0 Å². The Kier molecular flexibility index (Phi) is 5.91. The van der Waals surface area contributed by atoms with Gasteiger partial charge in [0.25, 0.3) is 5.91 Å². The van der Waals surface area contributed by atoms with Gasteiger partial charge in [0.2, 0.25) is 0 Å². The first-order chi connectivity index (χ1) is 17.7. The second kappa shape index (κ2) is 9.51. The molecule has 5 aromatic rings. The van der Waals surface area contributed by atoms with E-state index in [1.807, 2.05) is 66.7 Å². The highest BCUT2D eigenvalue weighted by Gasteiger charge is 2.33. The molecule has 0 bridgehead atoms. The molecule has 1 amide bonds. The second-order valence-corrected chi connectivity index (χ2v) is 9.76. The van der Waals surface area contributed by atoms with Crippen molar-refractivity contribution < 1.29 is 4.79 Å². The molecule has 0 spiro atoms. The molecule has 5 heteroatoms. The molecule has 1 aliphatic rings. The number of aliphatic imine (C=N–C) groups is 1. The number of nitrogens with zero attached hydrogens (tertiary/aromatic N) is 3. The SMILES string of the molecule is CCn1c2ccccc2c2cc(/C=C3/SC(=Nc4ccccc4)N(Cc4ccccc4)C3=O)ccc21. The fourth-order valence-corrected chi connectivity index (χ4v) is 5.76. The number of rotatable bonds is 5. The van der Waals surface area contributed by atoms with Gasteiger partial charge in [-0.2, -0.15) is 0 Å². The van der Waals surface area contributed by atoms with E-state index in [2.05, 4.69) is 54.0 Å². The van der Waals surface area contributed by atoms with Crippen LogP contribution in [0.25, 0.3) is 27.9 Å². The minimum Gasteiger partial charge on any atom is -0.341 e. The molecule has 1 aliphatic heterocycles. The maximum absolute atomic E-state index is 13.6. The Morgan fingerprint density at radius 2 is 1.50 bits per heavy atom. The smallest absolute Gasteiger partial charge is 0.267 e. The van der Waals surface area contributed by atoms with Crippen LogP contribution < -0.4 is 0 Å². The highest BCUT2D eigenvalue weighted by atomic mass is 32.2. The summed E-state index contributed by atoms with van der Waals surface area (Å²) in [6.45, 7) is 3.57. The number of aromatic nitrogens is 1. The van der Waals surface area contributed by atoms with Crippen molar-refractivity contribution in [1.82, 2.24) is 9.47 Å². The van der Waals surface area contributed by atoms with E-state index in [4.69, 9.17) is 4.99 Å². The summed E-state index contributed by atoms with van der Waals surface area (Å²) in [4.78, 5) is 20.9. The van der Waals surface area contributed by atoms with Crippen molar-refractivity contribution >= 4 is 56.4 Å². The van der Waals surface area contributed by atoms with Gasteiger partial charge >= 0.3 is 0 Å². The second-order valence-electron chi connectivity index (χ2n) is 8.76. The molecule has 36 heavy (non-hydrogen) atoms. The quantitative estimate of drug-likeness (QED) is 0.239. The molecular weight excluding hydrogens is 462 g/mol. The van der Waals surface area contributed by atoms with Gasteiger partial charge in [0.1, 0.15) is 0 Å². The lowest BCUT2D eigenvalue weighted by Crippen LogP contribution is -2.28. The van der Waals surface area contributed by atoms with Gasteiger partial charge in [-0.05, 0) is 66.2 Å². The number of hydrogen-bond donors (Lipinski definition) is 0. The predicted molar refractivity (Wildman–Crippen MR) is 151 cm³/mol. The number of thioether (sulfide) groups is 1. The van der Waals surface area contributed by atoms with E-state index in [1.54, 1.807) is 4.90 Å². The lowest BCUT2D eigenvalue weighted by atomic mass is 10.1. The van der Waals surface area contributed by atoms with E-state index in [0.717, 1.165) is 23.4 Å². The van der Waals surface area contributed by atoms with E-state index in [-0.39, 0.29) is 5.91 Å². The van der Waals surface area contributed by atoms with Crippen LogP contribution in [0.3, 0.4) is 0 Å². The number of amides is 1. The molecule has 1 saturated heterocycles. The molecule has 1 fully saturated rings. The third-order valence-corrected chi connectivity index (χ3v) is 7.47. The van der Waals surface area contributed by atoms with Gasteiger partial charge < -0.3 is 4.57 Å². The van der Waals surface area contributed by atoms with Crippen molar-refractivity contribution in [2.75, 3.05) is 0 Å². The summed E-state index contributed by atoms with van der Waals surface area (Å²) in [5, 5.41) is 3.14. The largest absolute Gasteiger partial charge is 0.341 e. The molecule has 0 radical (unpaired) electrons. The third-order valence-electron chi connectivity index (χ3n) is 6.46. The molecule has 0 unspecified atom stereocenters. The first-order valence-electron chi connectivity index (χ1n) is 12.1. The van der Waals surface area contributed by atoms with Crippen molar-refractivity contribution in [2.45, 2.75) is 20.0 Å². The highest BCUT2D eigenvalue weighted by molar-refractivity contribution is 8.18. The molecule has 4 nitrogen and oxygen atoms in total. The summed E-state index contributed by atoms with van der Waals surface area (Å²) >= 11 is 1.44. The van der Waals surface area contributed by atoms with Crippen LogP contribution in [-0.4, -0.2) is 20.5 Å². The molecule has 4 aromatic carbocycles. The number of aryl methyl sites for hydroxylation is 1. The van der Waals surface area contributed by atoms with Gasteiger partial charge in [-0.15, -0.1) is 0 Å². The van der Waals surface area contributed by atoms with E-state index in [0.29, 0.717) is 16.6 Å². The number of amidine groups is 1. The normalized spacial score (nSPS) is 16.1. The third kappa shape index (κ3) is 4.12. The number of benzene rings is 4. The summed E-state index contributed by atoms with van der Waals surface area (Å²) < 4.78 is 2.34. The van der Waals surface area contributed by atoms with Crippen LogP contribution in [0.15, 0.2) is 113 Å². The summed E-state index contributed by atoms with van der Waals surface area (Å²) in [6.07, 6.45) is 2.00. The molecule has 0 atom stereocenters. The maximum Gasteiger partial charge on any atom is 0.267 e. The van der Waals surface area contributed by atoms with Gasteiger partial charge in [0.15, 0.2) is 5.17 Å². The van der Waals surface area contributed by atoms with E-state index in [9.17, 15) is 4.79 Å². The van der Waals surface area contributed by atoms with Gasteiger partial charge in [-0.1, -0.05) is 72.8 Å². The fourth-order valence-electron chi connectivity index (χ4n) is 4.76. The van der Waals surface area contributed by atoms with Crippen LogP contribution in [0, 0.1) is 0 Å². The molecule has 1 aromatic heterocycles.